The smallest absolute Gasteiger partial charge is 0.265 e. The fourth-order valence-electron chi connectivity index (χ4n) is 7.79. The van der Waals surface area contributed by atoms with Crippen molar-refractivity contribution in [3.05, 3.63) is 113 Å². The lowest BCUT2D eigenvalue weighted by Gasteiger charge is -2.27. The molecule has 270 valence electrons. The van der Waals surface area contributed by atoms with Crippen LogP contribution in [0.5, 0.6) is 0 Å². The molecule has 0 atom stereocenters. The number of aromatic nitrogens is 3. The van der Waals surface area contributed by atoms with E-state index < -0.39 is 20.2 Å². The van der Waals surface area contributed by atoms with Gasteiger partial charge < -0.3 is 4.90 Å². The molecule has 0 fully saturated rings. The van der Waals surface area contributed by atoms with E-state index >= 15 is 0 Å². The summed E-state index contributed by atoms with van der Waals surface area (Å²) in [4.78, 5) is 6.42. The second-order valence-electron chi connectivity index (χ2n) is 14.4. The quantitative estimate of drug-likeness (QED) is 0.158. The highest BCUT2D eigenvalue weighted by Gasteiger charge is 2.44. The Morgan fingerprint density at radius 2 is 1.53 bits per heavy atom. The molecule has 0 unspecified atom stereocenters. The third kappa shape index (κ3) is 7.71. The average molecular weight is 733 g/mol. The molecular formula is C38H46N5O6S2+. The minimum atomic E-state index is -4.08. The number of allylic oxidation sites excluding steroid dienone is 8. The molecule has 13 heteroatoms. The standard InChI is InChI=1S/C38H45N5O6S2/c1-37(2)30-14-5-7-16-32(30)41(22-10-24-50(44,45)46)34(37)20-18-28-12-9-13-29(36(28)43-27-39-26-40-43)19-21-35-38(3,4)31-15-6-8-17-33(31)42(35)23-11-25-51(47,48)49/h5-8,14-21,26-27H,9-13,22-25H2,1-4H3,(H-,44,45,46,47,48,49)/p+1. The van der Waals surface area contributed by atoms with E-state index in [0.29, 0.717) is 13.1 Å². The van der Waals surface area contributed by atoms with Gasteiger partial charge in [0.2, 0.25) is 5.69 Å². The van der Waals surface area contributed by atoms with Crippen LogP contribution in [0, 0.1) is 0 Å². The zero-order valence-electron chi connectivity index (χ0n) is 29.5. The first-order chi connectivity index (χ1) is 24.1. The summed E-state index contributed by atoms with van der Waals surface area (Å²) in [6.45, 7) is 9.55. The Hall–Kier alpha value is -4.17. The highest BCUT2D eigenvalue weighted by molar-refractivity contribution is 7.86. The molecular weight excluding hydrogens is 687 g/mol. The highest BCUT2D eigenvalue weighted by Crippen LogP contribution is 2.48. The Morgan fingerprint density at radius 3 is 2.24 bits per heavy atom. The molecule has 2 N–H and O–H groups in total. The number of hydrogen-bond donors (Lipinski definition) is 2. The first-order valence-electron chi connectivity index (χ1n) is 17.3. The van der Waals surface area contributed by atoms with E-state index in [0.717, 1.165) is 70.0 Å². The van der Waals surface area contributed by atoms with E-state index in [1.54, 1.807) is 6.33 Å². The largest absolute Gasteiger partial charge is 0.344 e. The second kappa shape index (κ2) is 14.1. The molecule has 2 aliphatic heterocycles. The fourth-order valence-corrected chi connectivity index (χ4v) is 8.78. The van der Waals surface area contributed by atoms with Gasteiger partial charge in [-0.2, -0.15) is 26.5 Å². The molecule has 1 aliphatic carbocycles. The maximum Gasteiger partial charge on any atom is 0.265 e. The molecule has 0 saturated heterocycles. The summed E-state index contributed by atoms with van der Waals surface area (Å²) in [7, 11) is -8.16. The van der Waals surface area contributed by atoms with Crippen LogP contribution in [0.1, 0.15) is 70.9 Å². The van der Waals surface area contributed by atoms with Gasteiger partial charge in [0.25, 0.3) is 20.2 Å². The number of benzene rings is 2. The van der Waals surface area contributed by atoms with E-state index in [4.69, 9.17) is 0 Å². The van der Waals surface area contributed by atoms with E-state index in [9.17, 15) is 25.9 Å². The number of rotatable bonds is 12. The highest BCUT2D eigenvalue weighted by atomic mass is 32.2. The van der Waals surface area contributed by atoms with Crippen molar-refractivity contribution in [1.29, 1.82) is 0 Å². The first-order valence-corrected chi connectivity index (χ1v) is 20.5. The molecule has 0 bridgehead atoms. The molecule has 3 aromatic rings. The van der Waals surface area contributed by atoms with Crippen molar-refractivity contribution in [2.24, 2.45) is 0 Å². The fraction of sp³-hybridized carbons (Fsp3) is 0.395. The van der Waals surface area contributed by atoms with Crippen LogP contribution < -0.4 is 4.90 Å². The lowest BCUT2D eigenvalue weighted by Crippen LogP contribution is -2.28. The van der Waals surface area contributed by atoms with Gasteiger partial charge in [-0.05, 0) is 68.4 Å². The molecule has 0 spiro atoms. The third-order valence-corrected chi connectivity index (χ3v) is 11.8. The minimum absolute atomic E-state index is 0.280. The van der Waals surface area contributed by atoms with Crippen LogP contribution in [0.4, 0.5) is 11.4 Å². The number of para-hydroxylation sites is 2. The molecule has 0 amide bonds. The van der Waals surface area contributed by atoms with E-state index in [2.05, 4.69) is 95.8 Å². The summed E-state index contributed by atoms with van der Waals surface area (Å²) in [5.74, 6) is -0.623. The van der Waals surface area contributed by atoms with Crippen LogP contribution in [-0.4, -0.2) is 75.6 Å². The van der Waals surface area contributed by atoms with Gasteiger partial charge in [0.15, 0.2) is 5.71 Å². The molecule has 3 aliphatic rings. The summed E-state index contributed by atoms with van der Waals surface area (Å²) in [5, 5.41) is 4.54. The number of anilines is 1. The maximum absolute atomic E-state index is 11.6. The summed E-state index contributed by atoms with van der Waals surface area (Å²) < 4.78 is 69.0. The average Bonchev–Trinajstić information content (AvgIpc) is 3.72. The van der Waals surface area contributed by atoms with Gasteiger partial charge in [-0.25, -0.2) is 9.67 Å². The van der Waals surface area contributed by atoms with Crippen molar-refractivity contribution in [3.8, 4) is 0 Å². The minimum Gasteiger partial charge on any atom is -0.344 e. The van der Waals surface area contributed by atoms with Gasteiger partial charge >= 0.3 is 0 Å². The van der Waals surface area contributed by atoms with Gasteiger partial charge in [0.05, 0.1) is 22.6 Å². The van der Waals surface area contributed by atoms with Crippen molar-refractivity contribution in [2.75, 3.05) is 29.5 Å². The van der Waals surface area contributed by atoms with Crippen LogP contribution in [0.3, 0.4) is 0 Å². The normalized spacial score (nSPS) is 20.2. The Labute approximate surface area is 300 Å². The van der Waals surface area contributed by atoms with E-state index in [1.165, 1.54) is 6.33 Å². The molecule has 0 radical (unpaired) electrons. The van der Waals surface area contributed by atoms with Gasteiger partial charge in [0, 0.05) is 47.5 Å². The lowest BCUT2D eigenvalue weighted by atomic mass is 9.81. The molecule has 51 heavy (non-hydrogen) atoms. The predicted octanol–water partition coefficient (Wildman–Crippen LogP) is 6.47. The summed E-state index contributed by atoms with van der Waals surface area (Å²) in [6, 6.07) is 16.3. The lowest BCUT2D eigenvalue weighted by molar-refractivity contribution is -0.437. The van der Waals surface area contributed by atoms with E-state index in [-0.39, 0.29) is 35.2 Å². The third-order valence-electron chi connectivity index (χ3n) is 10.2. The Morgan fingerprint density at radius 1 is 0.843 bits per heavy atom. The number of hydrogen-bond acceptors (Lipinski definition) is 7. The zero-order valence-corrected chi connectivity index (χ0v) is 31.2. The van der Waals surface area contributed by atoms with Crippen LogP contribution in [-0.2, 0) is 31.1 Å². The van der Waals surface area contributed by atoms with E-state index in [1.807, 2.05) is 28.9 Å². The Balaban J connectivity index is 1.41. The topological polar surface area (TPSA) is 146 Å². The Kier molecular flexibility index (Phi) is 10.1. The second-order valence-corrected chi connectivity index (χ2v) is 17.5. The molecule has 6 rings (SSSR count). The van der Waals surface area contributed by atoms with Gasteiger partial charge in [-0.3, -0.25) is 9.11 Å². The number of fused-ring (bicyclic) bond motifs is 2. The number of nitrogens with zero attached hydrogens (tertiary/aromatic N) is 5. The summed E-state index contributed by atoms with van der Waals surface area (Å²) in [6.07, 6.45) is 14.9. The molecule has 2 aromatic carbocycles. The SMILES string of the molecule is CC1(C)C(=CC=C2CCCC(C=CC3=[N+](CCCS(=O)(=O)O)c4ccccc4C3(C)C)=C2n2cncn2)N(CCCS(=O)(=O)O)c2ccccc21. The van der Waals surface area contributed by atoms with Gasteiger partial charge in [0.1, 0.15) is 19.2 Å². The maximum atomic E-state index is 11.6. The van der Waals surface area contributed by atoms with Crippen molar-refractivity contribution >= 4 is 43.0 Å². The predicted molar refractivity (Wildman–Crippen MR) is 201 cm³/mol. The monoisotopic (exact) mass is 732 g/mol. The van der Waals surface area contributed by atoms with Crippen molar-refractivity contribution < 1.29 is 30.5 Å². The van der Waals surface area contributed by atoms with Crippen molar-refractivity contribution in [1.82, 2.24) is 14.8 Å². The van der Waals surface area contributed by atoms with Crippen molar-refractivity contribution in [3.63, 3.8) is 0 Å². The molecule has 11 nitrogen and oxygen atoms in total. The van der Waals surface area contributed by atoms with Crippen LogP contribution in [0.15, 0.2) is 102 Å². The first kappa shape index (κ1) is 36.6. The van der Waals surface area contributed by atoms with Crippen LogP contribution >= 0.6 is 0 Å². The summed E-state index contributed by atoms with van der Waals surface area (Å²) >= 11 is 0. The van der Waals surface area contributed by atoms with Gasteiger partial charge in [-0.15, -0.1) is 0 Å². The Bertz CT molecular complexity index is 2190. The van der Waals surface area contributed by atoms with Crippen LogP contribution in [0.2, 0.25) is 0 Å². The van der Waals surface area contributed by atoms with Crippen LogP contribution in [0.25, 0.3) is 5.70 Å². The molecule has 1 aromatic heterocycles. The summed E-state index contributed by atoms with van der Waals surface area (Å²) in [5.41, 5.74) is 8.86. The molecule has 0 saturated carbocycles. The van der Waals surface area contributed by atoms with Crippen molar-refractivity contribution in [2.45, 2.75) is 70.6 Å². The van der Waals surface area contributed by atoms with Gasteiger partial charge in [-0.1, -0.05) is 62.4 Å². The molecule has 3 heterocycles. The zero-order chi connectivity index (χ0) is 36.6.